The Kier molecular flexibility index (Phi) is 28.7. The molecule has 4 aliphatic heterocycles. The SMILES string of the molecule is CC(C)(C)C1CCC(CO)OC1C1CCC(CO)OC1C(C)(C)C.CC(C)(C)C1CCC(C[O][SnH][Cl])OC1C1CCC(C[O][Sn]([Cl])[Cl])OC1C(C)(C)C.Cl.[Cl][Sn]([Cl])([Cl])[Cl]. The van der Waals surface area contributed by atoms with Crippen molar-refractivity contribution in [1.29, 1.82) is 0 Å². The first-order valence-electron chi connectivity index (χ1n) is 20.9. The molecule has 4 heterocycles. The molecular formula is C40H76Cl8O8Sn3. The summed E-state index contributed by atoms with van der Waals surface area (Å²) in [7, 11) is 38.0. The molecule has 59 heavy (non-hydrogen) atoms. The fourth-order valence-corrected chi connectivity index (χ4v) is 12.5. The Morgan fingerprint density at radius 3 is 1.27 bits per heavy atom. The molecule has 12 unspecified atom stereocenters. The summed E-state index contributed by atoms with van der Waals surface area (Å²) in [5.74, 6) is 1.62. The van der Waals surface area contributed by atoms with Gasteiger partial charge in [-0.05, 0) is 42.4 Å². The molecule has 0 spiro atoms. The van der Waals surface area contributed by atoms with Crippen LogP contribution in [-0.2, 0) is 25.1 Å². The molecule has 4 aliphatic rings. The number of hydrogen-bond acceptors (Lipinski definition) is 8. The minimum absolute atomic E-state index is 0. The van der Waals surface area contributed by atoms with E-state index in [0.717, 1.165) is 51.4 Å². The molecule has 4 saturated heterocycles. The number of halogens is 8. The second kappa shape index (κ2) is 27.6. The van der Waals surface area contributed by atoms with E-state index in [1.165, 1.54) is 0 Å². The van der Waals surface area contributed by atoms with Crippen LogP contribution < -0.4 is 0 Å². The average molecular weight is 1320 g/mol. The van der Waals surface area contributed by atoms with Crippen LogP contribution in [0.2, 0.25) is 0 Å². The number of hydrogen-bond donors (Lipinski definition) is 2. The molecule has 0 aromatic heterocycles. The summed E-state index contributed by atoms with van der Waals surface area (Å²) in [6.07, 6.45) is 8.68. The molecule has 8 nitrogen and oxygen atoms in total. The topological polar surface area (TPSA) is 95.8 Å². The van der Waals surface area contributed by atoms with Crippen molar-refractivity contribution in [1.82, 2.24) is 0 Å². The van der Waals surface area contributed by atoms with Crippen molar-refractivity contribution in [3.63, 3.8) is 0 Å². The monoisotopic (exact) mass is 1320 g/mol. The van der Waals surface area contributed by atoms with Crippen LogP contribution in [-0.4, -0.2) is 138 Å². The third kappa shape index (κ3) is 22.1. The molecule has 4 rings (SSSR count). The minimum atomic E-state index is -3.29. The summed E-state index contributed by atoms with van der Waals surface area (Å²) in [6, 6.07) is 0. The zero-order valence-corrected chi connectivity index (χ0v) is 52.5. The van der Waals surface area contributed by atoms with Crippen LogP contribution in [0.1, 0.15) is 134 Å². The summed E-state index contributed by atoms with van der Waals surface area (Å²) in [5.41, 5.74) is 0.354. The van der Waals surface area contributed by atoms with E-state index in [1.54, 1.807) is 0 Å². The molecule has 2 radical (unpaired) electrons. The fourth-order valence-electron chi connectivity index (χ4n) is 9.47. The molecule has 4 fully saturated rings. The molecule has 2 N–H and O–H groups in total. The van der Waals surface area contributed by atoms with Crippen LogP contribution in [0, 0.1) is 45.3 Å². The van der Waals surface area contributed by atoms with E-state index in [-0.39, 0.29) is 96.1 Å². The standard InChI is InChI=1S/C20H38O4.C20H36O4.8ClH.3Sn.H/c2*1-19(2,3)16-10-8-13(11-21)23-17(16)15-9-7-14(12-22)24-18(15)20(4,5)6;;;;;;;;;;;;/h13-18,21-22H,7-12H2,1-6H3;13-18H,7-12H2,1-6H3;8*1H;;;;/q;-2;;;;;;;;;+2;+3;+4;/p-7. The van der Waals surface area contributed by atoms with Crippen LogP contribution in [0.15, 0.2) is 0 Å². The van der Waals surface area contributed by atoms with Gasteiger partial charge in [-0.25, -0.2) is 0 Å². The molecule has 0 aliphatic carbocycles. The molecule has 0 aromatic rings. The van der Waals surface area contributed by atoms with Gasteiger partial charge in [0.15, 0.2) is 0 Å². The molecule has 0 saturated carbocycles. The van der Waals surface area contributed by atoms with E-state index in [2.05, 4.69) is 83.1 Å². The second-order valence-corrected chi connectivity index (χ2v) is 57.0. The van der Waals surface area contributed by atoms with Gasteiger partial charge < -0.3 is 19.7 Å². The van der Waals surface area contributed by atoms with Gasteiger partial charge in [-0.2, -0.15) is 0 Å². The number of aliphatic hydroxyl groups is 2. The van der Waals surface area contributed by atoms with E-state index in [0.29, 0.717) is 36.9 Å². The zero-order valence-electron chi connectivity index (χ0n) is 37.4. The van der Waals surface area contributed by atoms with Crippen LogP contribution in [0.4, 0.5) is 0 Å². The molecule has 0 bridgehead atoms. The van der Waals surface area contributed by atoms with Crippen LogP contribution >= 0.6 is 74.9 Å². The Morgan fingerprint density at radius 1 is 0.559 bits per heavy atom. The van der Waals surface area contributed by atoms with Gasteiger partial charge in [0.25, 0.3) is 0 Å². The van der Waals surface area contributed by atoms with E-state index >= 15 is 0 Å². The first-order chi connectivity index (χ1) is 26.5. The Labute approximate surface area is 412 Å². The maximum absolute atomic E-state index is 9.61. The third-order valence-electron chi connectivity index (χ3n) is 12.1. The fraction of sp³-hybridized carbons (Fsp3) is 1.00. The van der Waals surface area contributed by atoms with Gasteiger partial charge >= 0.3 is 258 Å². The van der Waals surface area contributed by atoms with Crippen LogP contribution in [0.3, 0.4) is 0 Å². The van der Waals surface area contributed by atoms with Gasteiger partial charge in [0.05, 0.1) is 37.6 Å². The van der Waals surface area contributed by atoms with Gasteiger partial charge in [-0.1, -0.05) is 41.5 Å². The Morgan fingerprint density at radius 2 is 0.898 bits per heavy atom. The maximum atomic E-state index is 9.61. The normalized spacial score (nSPS) is 33.9. The van der Waals surface area contributed by atoms with E-state index in [4.69, 9.17) is 87.5 Å². The first kappa shape index (κ1) is 61.4. The predicted octanol–water partition coefficient (Wildman–Crippen LogP) is 11.6. The molecule has 19 heteroatoms. The summed E-state index contributed by atoms with van der Waals surface area (Å²) in [6.45, 7) is 28.6. The number of rotatable bonds is 10. The molecule has 0 aromatic carbocycles. The molecular weight excluding hydrogens is 1250 g/mol. The van der Waals surface area contributed by atoms with Gasteiger partial charge in [-0.3, -0.25) is 0 Å². The van der Waals surface area contributed by atoms with Crippen molar-refractivity contribution in [3.05, 3.63) is 0 Å². The summed E-state index contributed by atoms with van der Waals surface area (Å²) in [5, 5.41) is 19.2. The van der Waals surface area contributed by atoms with Crippen molar-refractivity contribution in [2.45, 2.75) is 183 Å². The van der Waals surface area contributed by atoms with Gasteiger partial charge in [0.2, 0.25) is 0 Å². The number of aliphatic hydroxyl groups excluding tert-OH is 2. The Balaban J connectivity index is 0.000000528. The zero-order chi connectivity index (χ0) is 44.4. The predicted molar refractivity (Wildman–Crippen MR) is 256 cm³/mol. The van der Waals surface area contributed by atoms with E-state index in [1.807, 2.05) is 0 Å². The van der Waals surface area contributed by atoms with Crippen molar-refractivity contribution in [3.8, 4) is 0 Å². The van der Waals surface area contributed by atoms with E-state index < -0.39 is 52.2 Å². The van der Waals surface area contributed by atoms with Crippen molar-refractivity contribution in [2.75, 3.05) is 26.4 Å². The van der Waals surface area contributed by atoms with Crippen LogP contribution in [0.25, 0.3) is 0 Å². The van der Waals surface area contributed by atoms with Crippen molar-refractivity contribution in [2.24, 2.45) is 45.3 Å². The van der Waals surface area contributed by atoms with Crippen molar-refractivity contribution < 1.29 is 35.3 Å². The Hall–Kier alpha value is 4.40. The quantitative estimate of drug-likeness (QED) is 0.209. The summed E-state index contributed by atoms with van der Waals surface area (Å²) < 4.78 is 37.3. The average Bonchev–Trinajstić information content (AvgIpc) is 3.10. The summed E-state index contributed by atoms with van der Waals surface area (Å²) in [4.78, 5) is 0. The molecule has 352 valence electrons. The van der Waals surface area contributed by atoms with Crippen LogP contribution in [0.5, 0.6) is 0 Å². The molecule has 12 atom stereocenters. The van der Waals surface area contributed by atoms with E-state index in [9.17, 15) is 10.2 Å². The summed E-state index contributed by atoms with van der Waals surface area (Å²) >= 11 is -7.24. The first-order valence-corrected chi connectivity index (χ1v) is 49.3. The van der Waals surface area contributed by atoms with Gasteiger partial charge in [0.1, 0.15) is 0 Å². The molecule has 0 amide bonds. The second-order valence-electron chi connectivity index (χ2n) is 20.9. The van der Waals surface area contributed by atoms with Crippen molar-refractivity contribution >= 4 is 127 Å². The number of ether oxygens (including phenoxy) is 4. The van der Waals surface area contributed by atoms with Gasteiger partial charge in [0, 0.05) is 5.92 Å². The van der Waals surface area contributed by atoms with Gasteiger partial charge in [-0.15, -0.1) is 12.4 Å². The third-order valence-corrected chi connectivity index (χ3v) is 16.4. The Bertz CT molecular complexity index is 1160.